The Bertz CT molecular complexity index is 840. The zero-order chi connectivity index (χ0) is 16.4. The molecule has 0 aliphatic rings. The van der Waals surface area contributed by atoms with Crippen LogP contribution in [0.5, 0.6) is 0 Å². The molecule has 0 radical (unpaired) electrons. The summed E-state index contributed by atoms with van der Waals surface area (Å²) in [7, 11) is 0. The van der Waals surface area contributed by atoms with Gasteiger partial charge in [-0.05, 0) is 55.2 Å². The van der Waals surface area contributed by atoms with Gasteiger partial charge < -0.3 is 0 Å². The van der Waals surface area contributed by atoms with E-state index in [-0.39, 0.29) is 0 Å². The predicted molar refractivity (Wildman–Crippen MR) is 97.6 cm³/mol. The van der Waals surface area contributed by atoms with Crippen molar-refractivity contribution in [3.05, 3.63) is 74.4 Å². The molecule has 23 heavy (non-hydrogen) atoms. The predicted octanol–water partition coefficient (Wildman–Crippen LogP) is 6.13. The number of nitrogens with one attached hydrogen (secondary N) is 1. The Balaban J connectivity index is 1.83. The quantitative estimate of drug-likeness (QED) is 0.592. The highest BCUT2D eigenvalue weighted by molar-refractivity contribution is 6.36. The number of rotatable bonds is 4. The maximum Gasteiger partial charge on any atom is 0.0967 e. The van der Waals surface area contributed by atoms with Gasteiger partial charge in [0.1, 0.15) is 0 Å². The summed E-state index contributed by atoms with van der Waals surface area (Å²) in [6.45, 7) is 2.05. The monoisotopic (exact) mass is 364 g/mol. The number of aryl methyl sites for hydroxylation is 2. The SMILES string of the molecule is Cc1c(-c2ccc(Cl)cc2Cl)n[nH]c1CCc1ccccc1Cl. The van der Waals surface area contributed by atoms with Crippen molar-refractivity contribution in [2.24, 2.45) is 0 Å². The van der Waals surface area contributed by atoms with Gasteiger partial charge in [-0.15, -0.1) is 0 Å². The summed E-state index contributed by atoms with van der Waals surface area (Å²) in [6, 6.07) is 13.3. The Morgan fingerprint density at radius 3 is 2.48 bits per heavy atom. The van der Waals surface area contributed by atoms with Crippen molar-refractivity contribution in [1.29, 1.82) is 0 Å². The molecule has 1 N–H and O–H groups in total. The van der Waals surface area contributed by atoms with Crippen molar-refractivity contribution < 1.29 is 0 Å². The molecule has 5 heteroatoms. The third-order valence-corrected chi connectivity index (χ3v) is 4.82. The first-order valence-electron chi connectivity index (χ1n) is 7.29. The van der Waals surface area contributed by atoms with E-state index in [4.69, 9.17) is 34.8 Å². The fraction of sp³-hybridized carbons (Fsp3) is 0.167. The van der Waals surface area contributed by atoms with Gasteiger partial charge in [-0.3, -0.25) is 5.10 Å². The van der Waals surface area contributed by atoms with Gasteiger partial charge in [-0.25, -0.2) is 0 Å². The van der Waals surface area contributed by atoms with Gasteiger partial charge in [-0.1, -0.05) is 53.0 Å². The number of nitrogens with zero attached hydrogens (tertiary/aromatic N) is 1. The number of halogens is 3. The summed E-state index contributed by atoms with van der Waals surface area (Å²) in [5.41, 5.74) is 5.07. The zero-order valence-corrected chi connectivity index (χ0v) is 14.8. The molecule has 2 aromatic carbocycles. The van der Waals surface area contributed by atoms with Crippen LogP contribution in [0.2, 0.25) is 15.1 Å². The lowest BCUT2D eigenvalue weighted by Crippen LogP contribution is -1.94. The summed E-state index contributed by atoms with van der Waals surface area (Å²) in [5, 5.41) is 9.56. The molecule has 1 heterocycles. The highest BCUT2D eigenvalue weighted by Gasteiger charge is 2.14. The molecule has 118 valence electrons. The van der Waals surface area contributed by atoms with E-state index < -0.39 is 0 Å². The second-order valence-electron chi connectivity index (χ2n) is 5.39. The average molecular weight is 366 g/mol. The summed E-state index contributed by atoms with van der Waals surface area (Å²) in [4.78, 5) is 0. The molecule has 0 fully saturated rings. The lowest BCUT2D eigenvalue weighted by Gasteiger charge is -2.05. The van der Waals surface area contributed by atoms with Crippen LogP contribution in [-0.4, -0.2) is 10.2 Å². The minimum Gasteiger partial charge on any atom is -0.282 e. The van der Waals surface area contributed by atoms with E-state index in [1.807, 2.05) is 43.3 Å². The van der Waals surface area contributed by atoms with Crippen molar-refractivity contribution in [3.8, 4) is 11.3 Å². The first-order chi connectivity index (χ1) is 11.1. The van der Waals surface area contributed by atoms with Crippen molar-refractivity contribution in [2.75, 3.05) is 0 Å². The van der Waals surface area contributed by atoms with E-state index in [1.165, 1.54) is 0 Å². The van der Waals surface area contributed by atoms with Gasteiger partial charge in [0.25, 0.3) is 0 Å². The van der Waals surface area contributed by atoms with Crippen LogP contribution in [-0.2, 0) is 12.8 Å². The molecule has 0 saturated carbocycles. The minimum atomic E-state index is 0.602. The van der Waals surface area contributed by atoms with Crippen LogP contribution in [0.15, 0.2) is 42.5 Å². The third-order valence-electron chi connectivity index (χ3n) is 3.90. The van der Waals surface area contributed by atoms with E-state index >= 15 is 0 Å². The van der Waals surface area contributed by atoms with Crippen molar-refractivity contribution in [2.45, 2.75) is 19.8 Å². The van der Waals surface area contributed by atoms with E-state index in [0.29, 0.717) is 10.0 Å². The highest BCUT2D eigenvalue weighted by atomic mass is 35.5. The Morgan fingerprint density at radius 2 is 1.74 bits per heavy atom. The van der Waals surface area contributed by atoms with Crippen LogP contribution in [0.3, 0.4) is 0 Å². The minimum absolute atomic E-state index is 0.602. The number of hydrogen-bond acceptors (Lipinski definition) is 1. The van der Waals surface area contributed by atoms with Crippen LogP contribution in [0.25, 0.3) is 11.3 Å². The first-order valence-corrected chi connectivity index (χ1v) is 8.42. The summed E-state index contributed by atoms with van der Waals surface area (Å²) in [5.74, 6) is 0. The molecule has 0 bridgehead atoms. The van der Waals surface area contributed by atoms with Gasteiger partial charge in [0.05, 0.1) is 10.7 Å². The third kappa shape index (κ3) is 3.55. The van der Waals surface area contributed by atoms with Gasteiger partial charge in [0.2, 0.25) is 0 Å². The molecule has 3 aromatic rings. The van der Waals surface area contributed by atoms with Crippen LogP contribution in [0.1, 0.15) is 16.8 Å². The Labute approximate surface area is 150 Å². The molecule has 1 aromatic heterocycles. The number of benzene rings is 2. The summed E-state index contributed by atoms with van der Waals surface area (Å²) in [6.07, 6.45) is 1.70. The summed E-state index contributed by atoms with van der Waals surface area (Å²) < 4.78 is 0. The molecular formula is C18H15Cl3N2. The maximum absolute atomic E-state index is 6.28. The highest BCUT2D eigenvalue weighted by Crippen LogP contribution is 2.32. The van der Waals surface area contributed by atoms with Gasteiger partial charge in [0.15, 0.2) is 0 Å². The van der Waals surface area contributed by atoms with Crippen LogP contribution >= 0.6 is 34.8 Å². The lowest BCUT2D eigenvalue weighted by molar-refractivity contribution is 0.887. The Kier molecular flexibility index (Phi) is 4.96. The number of hydrogen-bond donors (Lipinski definition) is 1. The molecule has 0 aliphatic heterocycles. The molecule has 0 saturated heterocycles. The van der Waals surface area contributed by atoms with E-state index in [1.54, 1.807) is 6.07 Å². The lowest BCUT2D eigenvalue weighted by atomic mass is 10.0. The normalized spacial score (nSPS) is 11.0. The second-order valence-corrected chi connectivity index (χ2v) is 6.64. The van der Waals surface area contributed by atoms with Crippen LogP contribution in [0, 0.1) is 6.92 Å². The smallest absolute Gasteiger partial charge is 0.0967 e. The largest absolute Gasteiger partial charge is 0.282 e. The molecule has 0 atom stereocenters. The van der Waals surface area contributed by atoms with Gasteiger partial charge in [-0.2, -0.15) is 5.10 Å². The van der Waals surface area contributed by atoms with Crippen molar-refractivity contribution in [1.82, 2.24) is 10.2 Å². The van der Waals surface area contributed by atoms with Crippen LogP contribution < -0.4 is 0 Å². The Morgan fingerprint density at radius 1 is 0.957 bits per heavy atom. The van der Waals surface area contributed by atoms with Crippen molar-refractivity contribution >= 4 is 34.8 Å². The van der Waals surface area contributed by atoms with Crippen LogP contribution in [0.4, 0.5) is 0 Å². The van der Waals surface area contributed by atoms with E-state index in [0.717, 1.165) is 45.9 Å². The number of H-pyrrole nitrogens is 1. The molecule has 2 nitrogen and oxygen atoms in total. The maximum atomic E-state index is 6.28. The van der Waals surface area contributed by atoms with Gasteiger partial charge >= 0.3 is 0 Å². The average Bonchev–Trinajstić information content (AvgIpc) is 2.88. The molecule has 0 aliphatic carbocycles. The van der Waals surface area contributed by atoms with E-state index in [2.05, 4.69) is 10.2 Å². The molecule has 0 spiro atoms. The molecule has 3 rings (SSSR count). The first kappa shape index (κ1) is 16.4. The Hall–Kier alpha value is -1.48. The van der Waals surface area contributed by atoms with Gasteiger partial charge in [0, 0.05) is 21.3 Å². The standard InChI is InChI=1S/C18H15Cl3N2/c1-11-17(9-6-12-4-2-3-5-15(12)20)22-23-18(11)14-8-7-13(19)10-16(14)21/h2-5,7-8,10H,6,9H2,1H3,(H,22,23). The van der Waals surface area contributed by atoms with E-state index in [9.17, 15) is 0 Å². The molecule has 0 amide bonds. The summed E-state index contributed by atoms with van der Waals surface area (Å²) >= 11 is 18.5. The fourth-order valence-corrected chi connectivity index (χ4v) is 3.31. The fourth-order valence-electron chi connectivity index (χ4n) is 2.58. The zero-order valence-electron chi connectivity index (χ0n) is 12.5. The topological polar surface area (TPSA) is 28.7 Å². The second kappa shape index (κ2) is 6.96. The molecule has 0 unspecified atom stereocenters. The van der Waals surface area contributed by atoms with Crippen molar-refractivity contribution in [3.63, 3.8) is 0 Å². The number of aromatic amines is 1. The molecular weight excluding hydrogens is 351 g/mol. The number of aromatic nitrogens is 2.